The van der Waals surface area contributed by atoms with Crippen LogP contribution in [0, 0.1) is 12.8 Å². The minimum atomic E-state index is 0.105. The van der Waals surface area contributed by atoms with Crippen LogP contribution in [0.5, 0.6) is 0 Å². The Balaban J connectivity index is 1.43. The van der Waals surface area contributed by atoms with Gasteiger partial charge >= 0.3 is 0 Å². The number of aromatic nitrogens is 2. The van der Waals surface area contributed by atoms with Gasteiger partial charge in [0.25, 0.3) is 0 Å². The van der Waals surface area contributed by atoms with Crippen LogP contribution in [-0.4, -0.2) is 54.0 Å². The monoisotopic (exact) mass is 383 g/mol. The van der Waals surface area contributed by atoms with E-state index >= 15 is 0 Å². The normalized spacial score (nSPS) is 17.8. The molecule has 1 aliphatic heterocycles. The minimum absolute atomic E-state index is 0.105. The first-order chi connectivity index (χ1) is 13.1. The molecule has 27 heavy (non-hydrogen) atoms. The van der Waals surface area contributed by atoms with Crippen molar-refractivity contribution < 1.29 is 4.79 Å². The van der Waals surface area contributed by atoms with E-state index in [-0.39, 0.29) is 11.8 Å². The van der Waals surface area contributed by atoms with E-state index in [9.17, 15) is 4.79 Å². The number of piperazine rings is 1. The molecule has 2 fully saturated rings. The van der Waals surface area contributed by atoms with Crippen molar-refractivity contribution in [2.24, 2.45) is 5.92 Å². The molecule has 4 rings (SSSR count). The van der Waals surface area contributed by atoms with Crippen molar-refractivity contribution >= 4 is 29.2 Å². The van der Waals surface area contributed by atoms with E-state index in [0.717, 1.165) is 60.3 Å². The molecule has 0 unspecified atom stereocenters. The second kappa shape index (κ2) is 7.86. The summed E-state index contributed by atoms with van der Waals surface area (Å²) in [6, 6.07) is 4.16. The maximum absolute atomic E-state index is 11.9. The Kier molecular flexibility index (Phi) is 5.31. The van der Waals surface area contributed by atoms with Gasteiger partial charge in [-0.1, -0.05) is 11.8 Å². The average molecular weight is 384 g/mol. The van der Waals surface area contributed by atoms with Crippen LogP contribution in [0.15, 0.2) is 40.5 Å². The van der Waals surface area contributed by atoms with Crippen LogP contribution >= 0.6 is 11.8 Å². The van der Waals surface area contributed by atoms with Gasteiger partial charge in [0.15, 0.2) is 0 Å². The summed E-state index contributed by atoms with van der Waals surface area (Å²) in [5.74, 6) is 1.37. The highest BCUT2D eigenvalue weighted by Gasteiger charge is 2.29. The number of nitrogens with one attached hydrogen (secondary N) is 1. The molecule has 1 aliphatic carbocycles. The molecule has 0 spiro atoms. The largest absolute Gasteiger partial charge is 0.354 e. The lowest BCUT2D eigenvalue weighted by atomic mass is 10.2. The zero-order valence-corrected chi connectivity index (χ0v) is 16.6. The van der Waals surface area contributed by atoms with Crippen molar-refractivity contribution in [1.29, 1.82) is 0 Å². The van der Waals surface area contributed by atoms with Gasteiger partial charge in [-0.2, -0.15) is 0 Å². The third-order valence-electron chi connectivity index (χ3n) is 4.99. The van der Waals surface area contributed by atoms with Crippen molar-refractivity contribution in [2.45, 2.75) is 29.6 Å². The predicted octanol–water partition coefficient (Wildman–Crippen LogP) is 3.04. The van der Waals surface area contributed by atoms with Gasteiger partial charge in [0.2, 0.25) is 5.91 Å². The van der Waals surface area contributed by atoms with E-state index in [2.05, 4.69) is 40.1 Å². The number of hydrogen-bond acceptors (Lipinski definition) is 6. The average Bonchev–Trinajstić information content (AvgIpc) is 3.48. The summed E-state index contributed by atoms with van der Waals surface area (Å²) in [6.07, 6.45) is 7.45. The molecule has 0 radical (unpaired) electrons. The second-order valence-corrected chi connectivity index (χ2v) is 8.52. The van der Waals surface area contributed by atoms with Crippen molar-refractivity contribution in [1.82, 2.24) is 14.9 Å². The zero-order chi connectivity index (χ0) is 18.8. The van der Waals surface area contributed by atoms with E-state index in [4.69, 9.17) is 4.98 Å². The maximum atomic E-state index is 11.9. The molecule has 1 saturated heterocycles. The van der Waals surface area contributed by atoms with Gasteiger partial charge in [0.05, 0.1) is 11.9 Å². The van der Waals surface area contributed by atoms with Crippen molar-refractivity contribution in [3.63, 3.8) is 0 Å². The molecule has 0 aromatic carbocycles. The van der Waals surface area contributed by atoms with E-state index in [0.29, 0.717) is 0 Å². The van der Waals surface area contributed by atoms with Gasteiger partial charge in [0, 0.05) is 54.3 Å². The van der Waals surface area contributed by atoms with Crippen molar-refractivity contribution in [3.8, 4) is 0 Å². The third-order valence-corrected chi connectivity index (χ3v) is 5.91. The summed E-state index contributed by atoms with van der Waals surface area (Å²) in [4.78, 5) is 27.7. The lowest BCUT2D eigenvalue weighted by Gasteiger charge is -2.34. The molecule has 2 aromatic rings. The van der Waals surface area contributed by atoms with Gasteiger partial charge in [-0.25, -0.2) is 4.98 Å². The lowest BCUT2D eigenvalue weighted by Crippen LogP contribution is -2.45. The van der Waals surface area contributed by atoms with Crippen LogP contribution in [0.3, 0.4) is 0 Å². The first-order valence-corrected chi connectivity index (χ1v) is 10.2. The predicted molar refractivity (Wildman–Crippen MR) is 108 cm³/mol. The molecule has 1 saturated carbocycles. The quantitative estimate of drug-likeness (QED) is 0.856. The molecule has 1 amide bonds. The minimum Gasteiger partial charge on any atom is -0.354 e. The van der Waals surface area contributed by atoms with Crippen LogP contribution in [0.4, 0.5) is 11.5 Å². The lowest BCUT2D eigenvalue weighted by molar-refractivity contribution is -0.117. The van der Waals surface area contributed by atoms with E-state index in [1.54, 1.807) is 18.0 Å². The summed E-state index contributed by atoms with van der Waals surface area (Å²) in [6.45, 7) is 6.30. The smallest absolute Gasteiger partial charge is 0.227 e. The number of rotatable bonds is 5. The fourth-order valence-electron chi connectivity index (χ4n) is 3.22. The fraction of sp³-hybridized carbons (Fsp3) is 0.450. The summed E-state index contributed by atoms with van der Waals surface area (Å²) < 4.78 is 0. The Bertz CT molecular complexity index is 831. The van der Waals surface area contributed by atoms with Crippen molar-refractivity contribution in [3.05, 3.63) is 36.3 Å². The summed E-state index contributed by atoms with van der Waals surface area (Å²) in [7, 11) is 2.16. The summed E-state index contributed by atoms with van der Waals surface area (Å²) in [5, 5.41) is 2.96. The molecule has 7 heteroatoms. The molecular weight excluding hydrogens is 358 g/mol. The number of amides is 1. The van der Waals surface area contributed by atoms with Crippen LogP contribution in [-0.2, 0) is 4.79 Å². The Morgan fingerprint density at radius 2 is 1.85 bits per heavy atom. The number of carbonyl (C=O) groups excluding carboxylic acids is 1. The number of carbonyl (C=O) groups is 1. The Hall–Kier alpha value is -2.12. The van der Waals surface area contributed by atoms with Crippen LogP contribution in [0.1, 0.15) is 18.4 Å². The number of likely N-dealkylation sites (N-methyl/N-ethyl adjacent to an activating group) is 1. The molecule has 2 aliphatic rings. The molecule has 142 valence electrons. The highest BCUT2D eigenvalue weighted by atomic mass is 32.2. The Morgan fingerprint density at radius 1 is 1.11 bits per heavy atom. The SMILES string of the molecule is Cc1cc(Sc2cncc(NC(=O)C3CC3)c2)cnc1N1CCN(C)CC1. The van der Waals surface area contributed by atoms with Crippen LogP contribution in [0.25, 0.3) is 0 Å². The summed E-state index contributed by atoms with van der Waals surface area (Å²) >= 11 is 1.62. The van der Waals surface area contributed by atoms with E-state index in [1.807, 2.05) is 18.5 Å². The molecule has 0 bridgehead atoms. The van der Waals surface area contributed by atoms with Gasteiger partial charge in [0.1, 0.15) is 5.82 Å². The Labute approximate surface area is 164 Å². The standard InChI is InChI=1S/C20H25N5OS/c1-14-9-17(13-22-19(14)25-7-5-24(2)6-8-25)27-18-10-16(11-21-12-18)23-20(26)15-3-4-15/h9-13,15H,3-8H2,1-2H3,(H,23,26). The second-order valence-electron chi connectivity index (χ2n) is 7.38. The molecule has 1 N–H and O–H groups in total. The third kappa shape index (κ3) is 4.59. The first kappa shape index (κ1) is 18.3. The van der Waals surface area contributed by atoms with Gasteiger partial charge in [-0.3, -0.25) is 9.78 Å². The zero-order valence-electron chi connectivity index (χ0n) is 15.8. The molecule has 2 aromatic heterocycles. The number of hydrogen-bond donors (Lipinski definition) is 1. The molecule has 0 atom stereocenters. The maximum Gasteiger partial charge on any atom is 0.227 e. The molecule has 6 nitrogen and oxygen atoms in total. The van der Waals surface area contributed by atoms with Gasteiger partial charge in [-0.15, -0.1) is 0 Å². The van der Waals surface area contributed by atoms with E-state index in [1.165, 1.54) is 5.56 Å². The van der Waals surface area contributed by atoms with Crippen LogP contribution < -0.4 is 10.2 Å². The summed E-state index contributed by atoms with van der Waals surface area (Å²) in [5.41, 5.74) is 1.95. The number of anilines is 2. The topological polar surface area (TPSA) is 61.4 Å². The number of aryl methyl sites for hydroxylation is 1. The van der Waals surface area contributed by atoms with Crippen LogP contribution in [0.2, 0.25) is 0 Å². The van der Waals surface area contributed by atoms with Gasteiger partial charge < -0.3 is 15.1 Å². The molecule has 3 heterocycles. The molecular formula is C20H25N5OS. The Morgan fingerprint density at radius 3 is 2.56 bits per heavy atom. The highest BCUT2D eigenvalue weighted by Crippen LogP contribution is 2.33. The number of nitrogens with zero attached hydrogens (tertiary/aromatic N) is 4. The van der Waals surface area contributed by atoms with Gasteiger partial charge in [-0.05, 0) is 44.5 Å². The van der Waals surface area contributed by atoms with Crippen molar-refractivity contribution in [2.75, 3.05) is 43.4 Å². The first-order valence-electron chi connectivity index (χ1n) is 9.42. The highest BCUT2D eigenvalue weighted by molar-refractivity contribution is 7.99. The van der Waals surface area contributed by atoms with E-state index < -0.39 is 0 Å². The number of pyridine rings is 2. The fourth-order valence-corrected chi connectivity index (χ4v) is 4.13.